The maximum atomic E-state index is 13.2. The molecule has 0 saturated heterocycles. The second kappa shape index (κ2) is 12.0. The van der Waals surface area contributed by atoms with E-state index in [0.29, 0.717) is 17.7 Å². The molecule has 0 bridgehead atoms. The van der Waals surface area contributed by atoms with Crippen molar-refractivity contribution < 1.29 is 19.5 Å². The van der Waals surface area contributed by atoms with Crippen LogP contribution in [0, 0.1) is 0 Å². The summed E-state index contributed by atoms with van der Waals surface area (Å²) in [4.78, 5) is 38.3. The Labute approximate surface area is 189 Å². The number of carboxylic acid groups (broad SMARTS) is 1. The van der Waals surface area contributed by atoms with Gasteiger partial charge in [-0.1, -0.05) is 99.2 Å². The molecule has 2 aromatic carbocycles. The van der Waals surface area contributed by atoms with Gasteiger partial charge in [0.2, 0.25) is 0 Å². The van der Waals surface area contributed by atoms with Gasteiger partial charge in [0, 0.05) is 13.0 Å². The van der Waals surface area contributed by atoms with Crippen molar-refractivity contribution >= 4 is 28.9 Å². The third-order valence-corrected chi connectivity index (χ3v) is 5.82. The van der Waals surface area contributed by atoms with Gasteiger partial charge in [-0.15, -0.1) is 0 Å². The van der Waals surface area contributed by atoms with Crippen molar-refractivity contribution in [1.82, 2.24) is 4.90 Å². The molecule has 168 valence electrons. The van der Waals surface area contributed by atoms with Gasteiger partial charge < -0.3 is 5.11 Å². The van der Waals surface area contributed by atoms with E-state index in [1.54, 1.807) is 0 Å². The summed E-state index contributed by atoms with van der Waals surface area (Å²) in [6, 6.07) is 18.8. The minimum absolute atomic E-state index is 0.210. The lowest BCUT2D eigenvalue weighted by molar-refractivity contribution is -0.138. The van der Waals surface area contributed by atoms with Crippen LogP contribution in [0.25, 0.3) is 11.1 Å². The first-order chi connectivity index (χ1) is 15.6. The first-order valence-corrected chi connectivity index (χ1v) is 11.5. The van der Waals surface area contributed by atoms with Crippen LogP contribution in [0.15, 0.2) is 60.7 Å². The van der Waals surface area contributed by atoms with Gasteiger partial charge in [0.1, 0.15) is 0 Å². The van der Waals surface area contributed by atoms with Crippen molar-refractivity contribution in [2.75, 3.05) is 6.54 Å². The maximum absolute atomic E-state index is 13.2. The molecule has 3 rings (SSSR count). The highest BCUT2D eigenvalue weighted by atomic mass is 16.4. The minimum Gasteiger partial charge on any atom is -0.481 e. The van der Waals surface area contributed by atoms with Crippen LogP contribution in [0.1, 0.15) is 68.9 Å². The van der Waals surface area contributed by atoms with Gasteiger partial charge in [-0.2, -0.15) is 0 Å². The highest BCUT2D eigenvalue weighted by Gasteiger charge is 2.38. The highest BCUT2D eigenvalue weighted by Crippen LogP contribution is 2.35. The van der Waals surface area contributed by atoms with Crippen molar-refractivity contribution in [2.24, 2.45) is 0 Å². The van der Waals surface area contributed by atoms with Crippen LogP contribution >= 0.6 is 0 Å². The SMILES string of the molecule is O=C(O)CCCCCCCCCCN1C(=O)C(c2ccccc2)=C(c2ccccc2)C1=O. The Kier molecular flexibility index (Phi) is 8.79. The molecule has 0 unspecified atom stereocenters. The summed E-state index contributed by atoms with van der Waals surface area (Å²) in [7, 11) is 0. The quantitative estimate of drug-likeness (QED) is 0.331. The average molecular weight is 434 g/mol. The van der Waals surface area contributed by atoms with Crippen LogP contribution in [-0.2, 0) is 14.4 Å². The molecule has 0 aliphatic carbocycles. The van der Waals surface area contributed by atoms with Gasteiger partial charge >= 0.3 is 5.97 Å². The Morgan fingerprint density at radius 3 is 1.47 bits per heavy atom. The number of nitrogens with zero attached hydrogens (tertiary/aromatic N) is 1. The summed E-state index contributed by atoms with van der Waals surface area (Å²) in [5.41, 5.74) is 2.52. The van der Waals surface area contributed by atoms with E-state index in [-0.39, 0.29) is 18.2 Å². The second-order valence-electron chi connectivity index (χ2n) is 8.22. The fourth-order valence-corrected chi connectivity index (χ4v) is 4.13. The summed E-state index contributed by atoms with van der Waals surface area (Å²) in [5.74, 6) is -1.15. The predicted molar refractivity (Wildman–Crippen MR) is 126 cm³/mol. The van der Waals surface area contributed by atoms with E-state index in [9.17, 15) is 14.4 Å². The number of hydrogen-bond acceptors (Lipinski definition) is 3. The van der Waals surface area contributed by atoms with Crippen LogP contribution in [0.3, 0.4) is 0 Å². The van der Waals surface area contributed by atoms with E-state index in [2.05, 4.69) is 0 Å². The number of benzene rings is 2. The lowest BCUT2D eigenvalue weighted by Crippen LogP contribution is -2.32. The maximum Gasteiger partial charge on any atom is 0.303 e. The molecule has 0 spiro atoms. The minimum atomic E-state index is -0.726. The number of imide groups is 1. The number of aliphatic carboxylic acids is 1. The summed E-state index contributed by atoms with van der Waals surface area (Å²) >= 11 is 0. The molecule has 5 heteroatoms. The summed E-state index contributed by atoms with van der Waals surface area (Å²) in [6.45, 7) is 0.433. The Morgan fingerprint density at radius 2 is 1.03 bits per heavy atom. The van der Waals surface area contributed by atoms with Crippen LogP contribution in [0.4, 0.5) is 0 Å². The van der Waals surface area contributed by atoms with Crippen LogP contribution in [0.5, 0.6) is 0 Å². The molecule has 0 aromatic heterocycles. The smallest absolute Gasteiger partial charge is 0.303 e. The molecule has 0 fully saturated rings. The summed E-state index contributed by atoms with van der Waals surface area (Å²) in [6.07, 6.45) is 8.02. The molecule has 0 radical (unpaired) electrons. The molecule has 1 aliphatic rings. The predicted octanol–water partition coefficient (Wildman–Crippen LogP) is 5.56. The summed E-state index contributed by atoms with van der Waals surface area (Å²) < 4.78 is 0. The molecule has 1 N–H and O–H groups in total. The van der Waals surface area contributed by atoms with E-state index >= 15 is 0 Å². The van der Waals surface area contributed by atoms with E-state index in [0.717, 1.165) is 62.5 Å². The first-order valence-electron chi connectivity index (χ1n) is 11.5. The third kappa shape index (κ3) is 6.16. The van der Waals surface area contributed by atoms with Crippen LogP contribution < -0.4 is 0 Å². The lowest BCUT2D eigenvalue weighted by atomic mass is 9.96. The van der Waals surface area contributed by atoms with Crippen molar-refractivity contribution in [1.29, 1.82) is 0 Å². The second-order valence-corrected chi connectivity index (χ2v) is 8.22. The number of carboxylic acids is 1. The molecular weight excluding hydrogens is 402 g/mol. The van der Waals surface area contributed by atoms with Crippen molar-refractivity contribution in [3.05, 3.63) is 71.8 Å². The Morgan fingerprint density at radius 1 is 0.625 bits per heavy atom. The zero-order chi connectivity index (χ0) is 22.8. The Bertz CT molecular complexity index is 889. The molecule has 32 heavy (non-hydrogen) atoms. The van der Waals surface area contributed by atoms with Crippen LogP contribution in [-0.4, -0.2) is 34.3 Å². The van der Waals surface area contributed by atoms with Gasteiger partial charge in [0.05, 0.1) is 11.1 Å². The van der Waals surface area contributed by atoms with Gasteiger partial charge in [-0.3, -0.25) is 19.3 Å². The van der Waals surface area contributed by atoms with E-state index < -0.39 is 5.97 Å². The van der Waals surface area contributed by atoms with Crippen molar-refractivity contribution in [2.45, 2.75) is 57.8 Å². The largest absolute Gasteiger partial charge is 0.481 e. The monoisotopic (exact) mass is 433 g/mol. The fourth-order valence-electron chi connectivity index (χ4n) is 4.13. The zero-order valence-electron chi connectivity index (χ0n) is 18.5. The van der Waals surface area contributed by atoms with Gasteiger partial charge in [0.25, 0.3) is 11.8 Å². The topological polar surface area (TPSA) is 74.7 Å². The number of carbonyl (C=O) groups is 3. The number of rotatable bonds is 13. The standard InChI is InChI=1S/C27H31NO4/c29-23(30)19-13-5-3-1-2-4-6-14-20-28-26(31)24(21-15-9-7-10-16-21)25(27(28)32)22-17-11-8-12-18-22/h7-12,15-18H,1-6,13-14,19-20H2,(H,29,30). The number of unbranched alkanes of at least 4 members (excludes halogenated alkanes) is 7. The van der Waals surface area contributed by atoms with Gasteiger partial charge in [-0.25, -0.2) is 0 Å². The van der Waals surface area contributed by atoms with Crippen LogP contribution in [0.2, 0.25) is 0 Å². The normalized spacial score (nSPS) is 13.8. The number of carbonyl (C=O) groups excluding carboxylic acids is 2. The number of hydrogen-bond donors (Lipinski definition) is 1. The molecular formula is C27H31NO4. The van der Waals surface area contributed by atoms with Crippen molar-refractivity contribution in [3.8, 4) is 0 Å². The highest BCUT2D eigenvalue weighted by molar-refractivity contribution is 6.48. The van der Waals surface area contributed by atoms with Gasteiger partial charge in [0.15, 0.2) is 0 Å². The fraction of sp³-hybridized carbons (Fsp3) is 0.370. The molecule has 0 atom stereocenters. The Balaban J connectivity index is 1.53. The molecule has 2 aromatic rings. The molecule has 2 amide bonds. The summed E-state index contributed by atoms with van der Waals surface area (Å²) in [5, 5.41) is 8.65. The van der Waals surface area contributed by atoms with E-state index in [1.807, 2.05) is 60.7 Å². The first kappa shape index (κ1) is 23.5. The zero-order valence-corrected chi connectivity index (χ0v) is 18.5. The number of amides is 2. The van der Waals surface area contributed by atoms with Gasteiger partial charge in [-0.05, 0) is 24.0 Å². The molecule has 0 saturated carbocycles. The third-order valence-electron chi connectivity index (χ3n) is 5.82. The molecule has 1 aliphatic heterocycles. The van der Waals surface area contributed by atoms with Crippen molar-refractivity contribution in [3.63, 3.8) is 0 Å². The van der Waals surface area contributed by atoms with E-state index in [1.165, 1.54) is 4.90 Å². The average Bonchev–Trinajstić information content (AvgIpc) is 3.05. The lowest BCUT2D eigenvalue weighted by Gasteiger charge is -2.15. The molecule has 5 nitrogen and oxygen atoms in total. The Hall–Kier alpha value is -3.21. The molecule has 1 heterocycles. The van der Waals surface area contributed by atoms with E-state index in [4.69, 9.17) is 5.11 Å².